The van der Waals surface area contributed by atoms with Crippen LogP contribution in [0, 0.1) is 0 Å². The molecule has 0 aliphatic rings. The molecule has 3 aromatic carbocycles. The van der Waals surface area contributed by atoms with Crippen molar-refractivity contribution in [3.63, 3.8) is 0 Å². The first-order valence-electron chi connectivity index (χ1n) is 11.8. The van der Waals surface area contributed by atoms with Gasteiger partial charge < -0.3 is 28.8 Å². The van der Waals surface area contributed by atoms with Crippen LogP contribution in [0.25, 0.3) is 24.3 Å². The summed E-state index contributed by atoms with van der Waals surface area (Å²) in [4.78, 5) is 0. The summed E-state index contributed by atoms with van der Waals surface area (Å²) in [5.41, 5.74) is 3.89. The van der Waals surface area contributed by atoms with E-state index in [0.717, 1.165) is 28.7 Å². The van der Waals surface area contributed by atoms with Gasteiger partial charge in [0.2, 0.25) is 11.5 Å². The SMILES string of the molecule is CCC(C)Oc1c(OC)cc(/C=C/c2ccc(/C=C/c3cc(OC)c(O)c(OC)c3)cc2)cc1OC. The first kappa shape index (κ1) is 26.5. The number of hydrogen-bond donors (Lipinski definition) is 1. The molecule has 3 rings (SSSR count). The highest BCUT2D eigenvalue weighted by molar-refractivity contribution is 5.75. The molecule has 0 spiro atoms. The molecule has 0 saturated heterocycles. The fraction of sp³-hybridized carbons (Fsp3) is 0.267. The highest BCUT2D eigenvalue weighted by Crippen LogP contribution is 2.40. The largest absolute Gasteiger partial charge is 0.502 e. The molecule has 0 aliphatic carbocycles. The summed E-state index contributed by atoms with van der Waals surface area (Å²) in [6.45, 7) is 4.09. The minimum absolute atomic E-state index is 0.0128. The highest BCUT2D eigenvalue weighted by atomic mass is 16.5. The molecule has 1 N–H and O–H groups in total. The molecule has 0 aromatic heterocycles. The third kappa shape index (κ3) is 6.54. The number of ether oxygens (including phenoxy) is 5. The quantitative estimate of drug-likeness (QED) is 0.294. The van der Waals surface area contributed by atoms with Crippen molar-refractivity contribution in [1.82, 2.24) is 0 Å². The Balaban J connectivity index is 1.77. The Labute approximate surface area is 213 Å². The number of rotatable bonds is 11. The summed E-state index contributed by atoms with van der Waals surface area (Å²) in [7, 11) is 6.27. The maximum Gasteiger partial charge on any atom is 0.203 e. The van der Waals surface area contributed by atoms with E-state index in [9.17, 15) is 5.11 Å². The first-order chi connectivity index (χ1) is 17.4. The molecule has 0 fully saturated rings. The van der Waals surface area contributed by atoms with Crippen molar-refractivity contribution in [3.05, 3.63) is 70.8 Å². The van der Waals surface area contributed by atoms with Gasteiger partial charge in [0, 0.05) is 0 Å². The van der Waals surface area contributed by atoms with Crippen LogP contribution in [0.5, 0.6) is 34.5 Å². The fourth-order valence-electron chi connectivity index (χ4n) is 3.51. The smallest absolute Gasteiger partial charge is 0.203 e. The van der Waals surface area contributed by atoms with Crippen LogP contribution in [0.4, 0.5) is 0 Å². The minimum atomic E-state index is -0.0128. The van der Waals surface area contributed by atoms with E-state index >= 15 is 0 Å². The monoisotopic (exact) mass is 490 g/mol. The topological polar surface area (TPSA) is 66.4 Å². The van der Waals surface area contributed by atoms with Gasteiger partial charge in [-0.15, -0.1) is 0 Å². The third-order valence-electron chi connectivity index (χ3n) is 5.75. The second-order valence-corrected chi connectivity index (χ2v) is 8.20. The Morgan fingerprint density at radius 1 is 0.639 bits per heavy atom. The van der Waals surface area contributed by atoms with Gasteiger partial charge in [-0.3, -0.25) is 0 Å². The second-order valence-electron chi connectivity index (χ2n) is 8.20. The van der Waals surface area contributed by atoms with Crippen molar-refractivity contribution in [2.24, 2.45) is 0 Å². The van der Waals surface area contributed by atoms with Crippen LogP contribution in [0.15, 0.2) is 48.5 Å². The molecule has 0 aliphatic heterocycles. The molecule has 1 unspecified atom stereocenters. The first-order valence-corrected chi connectivity index (χ1v) is 11.8. The van der Waals surface area contributed by atoms with Crippen LogP contribution in [0.1, 0.15) is 42.5 Å². The summed E-state index contributed by atoms with van der Waals surface area (Å²) >= 11 is 0. The highest BCUT2D eigenvalue weighted by Gasteiger charge is 2.16. The molecule has 190 valence electrons. The van der Waals surface area contributed by atoms with Crippen molar-refractivity contribution >= 4 is 24.3 Å². The molecule has 36 heavy (non-hydrogen) atoms. The van der Waals surface area contributed by atoms with Gasteiger partial charge in [-0.05, 0) is 59.9 Å². The zero-order valence-electron chi connectivity index (χ0n) is 21.7. The Morgan fingerprint density at radius 3 is 1.36 bits per heavy atom. The fourth-order valence-corrected chi connectivity index (χ4v) is 3.51. The van der Waals surface area contributed by atoms with E-state index in [1.54, 1.807) is 26.4 Å². The van der Waals surface area contributed by atoms with Gasteiger partial charge in [0.05, 0.1) is 34.5 Å². The van der Waals surface area contributed by atoms with E-state index in [2.05, 4.69) is 6.92 Å². The molecule has 1 atom stereocenters. The van der Waals surface area contributed by atoms with Gasteiger partial charge >= 0.3 is 0 Å². The van der Waals surface area contributed by atoms with Crippen LogP contribution in [0.2, 0.25) is 0 Å². The average Bonchev–Trinajstić information content (AvgIpc) is 2.91. The summed E-state index contributed by atoms with van der Waals surface area (Å²) < 4.78 is 27.6. The predicted molar refractivity (Wildman–Crippen MR) is 145 cm³/mol. The van der Waals surface area contributed by atoms with Crippen LogP contribution in [-0.2, 0) is 0 Å². The van der Waals surface area contributed by atoms with E-state index in [0.29, 0.717) is 28.7 Å². The lowest BCUT2D eigenvalue weighted by Gasteiger charge is -2.18. The lowest BCUT2D eigenvalue weighted by Crippen LogP contribution is -2.11. The van der Waals surface area contributed by atoms with E-state index in [-0.39, 0.29) is 11.9 Å². The van der Waals surface area contributed by atoms with Gasteiger partial charge in [0.1, 0.15) is 0 Å². The summed E-state index contributed by atoms with van der Waals surface area (Å²) in [6.07, 6.45) is 8.92. The van der Waals surface area contributed by atoms with Crippen molar-refractivity contribution in [1.29, 1.82) is 0 Å². The van der Waals surface area contributed by atoms with E-state index in [1.807, 2.05) is 67.6 Å². The number of benzene rings is 3. The van der Waals surface area contributed by atoms with Crippen molar-refractivity contribution in [2.45, 2.75) is 26.4 Å². The summed E-state index contributed by atoms with van der Waals surface area (Å²) in [5.74, 6) is 2.60. The van der Waals surface area contributed by atoms with E-state index < -0.39 is 0 Å². The van der Waals surface area contributed by atoms with Crippen LogP contribution in [0.3, 0.4) is 0 Å². The Morgan fingerprint density at radius 2 is 1.00 bits per heavy atom. The van der Waals surface area contributed by atoms with Gasteiger partial charge in [0.25, 0.3) is 0 Å². The third-order valence-corrected chi connectivity index (χ3v) is 5.75. The molecule has 0 bridgehead atoms. The Hall–Kier alpha value is -4.06. The standard InChI is InChI=1S/C30H34O6/c1-7-20(2)36-30-27(34-5)18-24(19-28(30)35-6)15-13-22-10-8-21(9-11-22)12-14-23-16-25(32-3)29(31)26(17-23)33-4/h8-20,31H,7H2,1-6H3/b14-12+,15-13+. The predicted octanol–water partition coefficient (Wildman–Crippen LogP) is 6.94. The maximum atomic E-state index is 10.1. The van der Waals surface area contributed by atoms with Crippen LogP contribution in [-0.4, -0.2) is 39.6 Å². The number of methoxy groups -OCH3 is 4. The van der Waals surface area contributed by atoms with Crippen molar-refractivity contribution in [2.75, 3.05) is 28.4 Å². The summed E-state index contributed by atoms with van der Waals surface area (Å²) in [6, 6.07) is 15.6. The normalized spacial score (nSPS) is 12.1. The van der Waals surface area contributed by atoms with Crippen molar-refractivity contribution in [3.8, 4) is 34.5 Å². The lowest BCUT2D eigenvalue weighted by molar-refractivity contribution is 0.198. The number of hydrogen-bond acceptors (Lipinski definition) is 6. The molecule has 0 radical (unpaired) electrons. The second kappa shape index (κ2) is 12.6. The molecular formula is C30H34O6. The summed E-state index contributed by atoms with van der Waals surface area (Å²) in [5, 5.41) is 10.1. The molecule has 6 heteroatoms. The number of aromatic hydroxyl groups is 1. The molecular weight excluding hydrogens is 456 g/mol. The van der Waals surface area contributed by atoms with Gasteiger partial charge in [-0.2, -0.15) is 0 Å². The maximum absolute atomic E-state index is 10.1. The molecule has 3 aromatic rings. The molecule has 0 saturated carbocycles. The molecule has 0 amide bonds. The minimum Gasteiger partial charge on any atom is -0.502 e. The van der Waals surface area contributed by atoms with Crippen LogP contribution >= 0.6 is 0 Å². The zero-order valence-corrected chi connectivity index (χ0v) is 21.7. The van der Waals surface area contributed by atoms with E-state index in [1.165, 1.54) is 14.2 Å². The molecule has 0 heterocycles. The number of phenolic OH excluding ortho intramolecular Hbond substituents is 1. The van der Waals surface area contributed by atoms with Crippen molar-refractivity contribution < 1.29 is 28.8 Å². The van der Waals surface area contributed by atoms with Gasteiger partial charge in [-0.1, -0.05) is 55.5 Å². The van der Waals surface area contributed by atoms with E-state index in [4.69, 9.17) is 23.7 Å². The Kier molecular flexibility index (Phi) is 9.28. The number of phenols is 1. The zero-order chi connectivity index (χ0) is 26.1. The average molecular weight is 491 g/mol. The lowest BCUT2D eigenvalue weighted by atomic mass is 10.1. The van der Waals surface area contributed by atoms with Gasteiger partial charge in [0.15, 0.2) is 23.0 Å². The van der Waals surface area contributed by atoms with Gasteiger partial charge in [-0.25, -0.2) is 0 Å². The van der Waals surface area contributed by atoms with Crippen LogP contribution < -0.4 is 23.7 Å². The Bertz CT molecular complexity index is 1160. The molecule has 6 nitrogen and oxygen atoms in total.